The first-order chi connectivity index (χ1) is 15.9. The van der Waals surface area contributed by atoms with Gasteiger partial charge < -0.3 is 10.2 Å². The number of nitrogens with zero attached hydrogens (tertiary/aromatic N) is 2. The molecule has 0 bridgehead atoms. The average Bonchev–Trinajstić information content (AvgIpc) is 2.82. The molecule has 0 amide bonds. The van der Waals surface area contributed by atoms with Crippen molar-refractivity contribution in [1.82, 2.24) is 9.88 Å². The number of piperidine rings is 1. The standard InChI is InChI=1S/C28H27ClN2O2/c1-28(33)16-18-31(20-27(28)32)17-2-3-21-4-6-22(7-5-21)8-14-26-15-11-24(19-30-26)23-9-12-25(29)13-10-23/h2-7,9-13,15,19,27,32-33H,16-18,20H2,1H3/t27-,28+/m0/s1. The van der Waals surface area contributed by atoms with Crippen LogP contribution in [0.3, 0.4) is 0 Å². The average molecular weight is 459 g/mol. The predicted molar refractivity (Wildman–Crippen MR) is 134 cm³/mol. The van der Waals surface area contributed by atoms with Crippen LogP contribution in [0.5, 0.6) is 0 Å². The van der Waals surface area contributed by atoms with Gasteiger partial charge in [-0.15, -0.1) is 0 Å². The Morgan fingerprint density at radius 1 is 1.06 bits per heavy atom. The van der Waals surface area contributed by atoms with E-state index >= 15 is 0 Å². The molecule has 2 atom stereocenters. The first-order valence-corrected chi connectivity index (χ1v) is 11.4. The predicted octanol–water partition coefficient (Wildman–Crippen LogP) is 4.63. The Bertz CT molecular complexity index is 1160. The number of aliphatic hydroxyl groups is 2. The van der Waals surface area contributed by atoms with E-state index in [1.165, 1.54) is 0 Å². The Morgan fingerprint density at radius 2 is 1.79 bits per heavy atom. The van der Waals surface area contributed by atoms with Crippen LogP contribution >= 0.6 is 11.6 Å². The van der Waals surface area contributed by atoms with E-state index in [-0.39, 0.29) is 0 Å². The molecule has 5 heteroatoms. The Hall–Kier alpha value is -2.94. The third-order valence-corrected chi connectivity index (χ3v) is 6.20. The van der Waals surface area contributed by atoms with Crippen molar-refractivity contribution < 1.29 is 10.2 Å². The van der Waals surface area contributed by atoms with Crippen LogP contribution in [0.4, 0.5) is 0 Å². The minimum atomic E-state index is -0.981. The fourth-order valence-electron chi connectivity index (χ4n) is 3.68. The maximum Gasteiger partial charge on any atom is 0.113 e. The maximum atomic E-state index is 10.1. The molecule has 4 nitrogen and oxygen atoms in total. The first kappa shape index (κ1) is 23.2. The van der Waals surface area contributed by atoms with Crippen LogP contribution < -0.4 is 0 Å². The summed E-state index contributed by atoms with van der Waals surface area (Å²) in [5.41, 5.74) is 3.86. The number of benzene rings is 2. The molecule has 2 aromatic carbocycles. The summed E-state index contributed by atoms with van der Waals surface area (Å²) in [7, 11) is 0. The number of halogens is 1. The molecule has 3 aromatic rings. The highest BCUT2D eigenvalue weighted by Gasteiger charge is 2.35. The van der Waals surface area contributed by atoms with Gasteiger partial charge in [0, 0.05) is 42.0 Å². The molecule has 1 aliphatic heterocycles. The van der Waals surface area contributed by atoms with E-state index in [1.807, 2.05) is 66.9 Å². The van der Waals surface area contributed by atoms with E-state index in [4.69, 9.17) is 11.6 Å². The molecule has 1 aromatic heterocycles. The summed E-state index contributed by atoms with van der Waals surface area (Å²) in [5.74, 6) is 6.28. The van der Waals surface area contributed by atoms with Crippen molar-refractivity contribution in [2.45, 2.75) is 25.0 Å². The van der Waals surface area contributed by atoms with E-state index in [9.17, 15) is 10.2 Å². The van der Waals surface area contributed by atoms with Gasteiger partial charge in [0.1, 0.15) is 5.69 Å². The summed E-state index contributed by atoms with van der Waals surface area (Å²) in [4.78, 5) is 6.60. The molecule has 1 aliphatic rings. The fourth-order valence-corrected chi connectivity index (χ4v) is 3.81. The second-order valence-corrected chi connectivity index (χ2v) is 9.03. The van der Waals surface area contributed by atoms with Crippen molar-refractivity contribution in [3.63, 3.8) is 0 Å². The zero-order valence-electron chi connectivity index (χ0n) is 18.6. The SMILES string of the molecule is C[C@@]1(O)CCN(CC=Cc2ccc(C#Cc3ccc(-c4ccc(Cl)cc4)cn3)cc2)C[C@@H]1O. The topological polar surface area (TPSA) is 56.6 Å². The van der Waals surface area contributed by atoms with Crippen molar-refractivity contribution >= 4 is 17.7 Å². The lowest BCUT2D eigenvalue weighted by Gasteiger charge is -2.39. The van der Waals surface area contributed by atoms with Gasteiger partial charge >= 0.3 is 0 Å². The maximum absolute atomic E-state index is 10.1. The number of pyridine rings is 1. The zero-order valence-corrected chi connectivity index (χ0v) is 19.3. The lowest BCUT2D eigenvalue weighted by atomic mass is 9.91. The molecule has 0 aliphatic carbocycles. The molecule has 0 radical (unpaired) electrons. The van der Waals surface area contributed by atoms with Gasteiger partial charge in [0.15, 0.2) is 0 Å². The van der Waals surface area contributed by atoms with E-state index in [0.29, 0.717) is 18.0 Å². The molecule has 168 valence electrons. The lowest BCUT2D eigenvalue weighted by Crippen LogP contribution is -2.53. The molecule has 1 saturated heterocycles. The third kappa shape index (κ3) is 6.31. The molecular formula is C28H27ClN2O2. The van der Waals surface area contributed by atoms with Gasteiger partial charge in [-0.1, -0.05) is 60.0 Å². The zero-order chi connectivity index (χ0) is 23.3. The molecular weight excluding hydrogens is 432 g/mol. The molecule has 0 saturated carbocycles. The monoisotopic (exact) mass is 458 g/mol. The van der Waals surface area contributed by atoms with E-state index in [0.717, 1.165) is 41.0 Å². The largest absolute Gasteiger partial charge is 0.389 e. The summed E-state index contributed by atoms with van der Waals surface area (Å²) in [5, 5.41) is 20.8. The molecule has 2 heterocycles. The summed E-state index contributed by atoms with van der Waals surface area (Å²) < 4.78 is 0. The van der Waals surface area contributed by atoms with Crippen molar-refractivity contribution in [2.24, 2.45) is 0 Å². The molecule has 33 heavy (non-hydrogen) atoms. The summed E-state index contributed by atoms with van der Waals surface area (Å²) in [6.45, 7) is 3.70. The number of rotatable bonds is 4. The second kappa shape index (κ2) is 10.3. The third-order valence-electron chi connectivity index (χ3n) is 5.94. The molecule has 0 unspecified atom stereocenters. The Balaban J connectivity index is 1.32. The fraction of sp³-hybridized carbons (Fsp3) is 0.250. The Kier molecular flexibility index (Phi) is 7.27. The van der Waals surface area contributed by atoms with Crippen LogP contribution in [0.25, 0.3) is 17.2 Å². The van der Waals surface area contributed by atoms with Gasteiger partial charge in [-0.25, -0.2) is 4.98 Å². The van der Waals surface area contributed by atoms with Crippen LogP contribution in [0.15, 0.2) is 72.9 Å². The van der Waals surface area contributed by atoms with Crippen LogP contribution in [-0.4, -0.2) is 51.4 Å². The Morgan fingerprint density at radius 3 is 2.45 bits per heavy atom. The highest BCUT2D eigenvalue weighted by Crippen LogP contribution is 2.22. The summed E-state index contributed by atoms with van der Waals surface area (Å²) >= 11 is 5.95. The Labute approximate surface area is 200 Å². The van der Waals surface area contributed by atoms with Crippen molar-refractivity contribution in [3.05, 3.63) is 94.8 Å². The smallest absolute Gasteiger partial charge is 0.113 e. The number of β-amino-alcohol motifs (C(OH)–C–C–N with tert-alkyl or cyclic N) is 1. The van der Waals surface area contributed by atoms with Gasteiger partial charge in [-0.05, 0) is 60.7 Å². The van der Waals surface area contributed by atoms with Gasteiger partial charge in [0.25, 0.3) is 0 Å². The van der Waals surface area contributed by atoms with Crippen LogP contribution in [0.2, 0.25) is 5.02 Å². The molecule has 4 rings (SSSR count). The van der Waals surface area contributed by atoms with Crippen LogP contribution in [0.1, 0.15) is 30.2 Å². The minimum absolute atomic E-state index is 0.487. The van der Waals surface area contributed by atoms with Crippen molar-refractivity contribution in [3.8, 4) is 23.0 Å². The number of hydrogen-bond donors (Lipinski definition) is 2. The summed E-state index contributed by atoms with van der Waals surface area (Å²) in [6, 6.07) is 19.7. The van der Waals surface area contributed by atoms with Crippen molar-refractivity contribution in [1.29, 1.82) is 0 Å². The second-order valence-electron chi connectivity index (χ2n) is 8.60. The molecule has 0 spiro atoms. The van der Waals surface area contributed by atoms with E-state index < -0.39 is 11.7 Å². The molecule has 2 N–H and O–H groups in total. The number of likely N-dealkylation sites (tertiary alicyclic amines) is 1. The highest BCUT2D eigenvalue weighted by atomic mass is 35.5. The lowest BCUT2D eigenvalue weighted by molar-refractivity contribution is -0.105. The summed E-state index contributed by atoms with van der Waals surface area (Å²) in [6.07, 6.45) is 5.84. The van der Waals surface area contributed by atoms with Gasteiger partial charge in [0.2, 0.25) is 0 Å². The van der Waals surface area contributed by atoms with Gasteiger partial charge in [-0.2, -0.15) is 0 Å². The van der Waals surface area contributed by atoms with E-state index in [1.54, 1.807) is 6.92 Å². The first-order valence-electron chi connectivity index (χ1n) is 11.0. The van der Waals surface area contributed by atoms with Gasteiger partial charge in [-0.3, -0.25) is 4.90 Å². The normalized spacial score (nSPS) is 21.0. The van der Waals surface area contributed by atoms with Crippen LogP contribution in [0, 0.1) is 11.8 Å². The van der Waals surface area contributed by atoms with Gasteiger partial charge in [0.05, 0.1) is 11.7 Å². The number of aliphatic hydroxyl groups excluding tert-OH is 1. The minimum Gasteiger partial charge on any atom is -0.389 e. The number of hydrogen-bond acceptors (Lipinski definition) is 4. The van der Waals surface area contributed by atoms with Crippen molar-refractivity contribution in [2.75, 3.05) is 19.6 Å². The van der Waals surface area contributed by atoms with Crippen LogP contribution in [-0.2, 0) is 0 Å². The van der Waals surface area contributed by atoms with E-state index in [2.05, 4.69) is 33.9 Å². The molecule has 1 fully saturated rings. The highest BCUT2D eigenvalue weighted by molar-refractivity contribution is 6.30. The quantitative estimate of drug-likeness (QED) is 0.559. The number of aromatic nitrogens is 1.